The van der Waals surface area contributed by atoms with Crippen molar-refractivity contribution in [3.63, 3.8) is 0 Å². The van der Waals surface area contributed by atoms with E-state index in [1.807, 2.05) is 45.0 Å². The van der Waals surface area contributed by atoms with Gasteiger partial charge in [-0.3, -0.25) is 4.79 Å². The number of amides is 1. The van der Waals surface area contributed by atoms with E-state index in [2.05, 4.69) is 5.32 Å². The van der Waals surface area contributed by atoms with Crippen molar-refractivity contribution in [2.75, 3.05) is 19.8 Å². The number of rotatable bonds is 8. The number of hydrogen-bond acceptors (Lipinski definition) is 3. The molecule has 0 aliphatic heterocycles. The lowest BCUT2D eigenvalue weighted by atomic mass is 10.2. The summed E-state index contributed by atoms with van der Waals surface area (Å²) in [6.07, 6.45) is 1.05. The molecule has 0 unspecified atom stereocenters. The van der Waals surface area contributed by atoms with Crippen LogP contribution in [0.4, 0.5) is 0 Å². The molecule has 4 heteroatoms. The van der Waals surface area contributed by atoms with Gasteiger partial charge < -0.3 is 14.8 Å². The highest BCUT2D eigenvalue weighted by atomic mass is 16.5. The average molecular weight is 265 g/mol. The minimum absolute atomic E-state index is 0.0515. The first-order valence-electron chi connectivity index (χ1n) is 6.66. The lowest BCUT2D eigenvalue weighted by Crippen LogP contribution is -2.30. The van der Waals surface area contributed by atoms with Gasteiger partial charge in [-0.05, 0) is 38.8 Å². The minimum atomic E-state index is -0.104. The van der Waals surface area contributed by atoms with E-state index < -0.39 is 0 Å². The molecule has 1 aromatic rings. The van der Waals surface area contributed by atoms with E-state index in [-0.39, 0.29) is 18.6 Å². The van der Waals surface area contributed by atoms with Gasteiger partial charge in [-0.15, -0.1) is 0 Å². The molecule has 106 valence electrons. The number of benzene rings is 1. The second-order valence-corrected chi connectivity index (χ2v) is 4.68. The Morgan fingerprint density at radius 1 is 1.32 bits per heavy atom. The minimum Gasteiger partial charge on any atom is -0.484 e. The normalized spacial score (nSPS) is 10.5. The van der Waals surface area contributed by atoms with Gasteiger partial charge in [0.1, 0.15) is 5.75 Å². The monoisotopic (exact) mass is 265 g/mol. The Labute approximate surface area is 115 Å². The Kier molecular flexibility index (Phi) is 6.97. The van der Waals surface area contributed by atoms with Gasteiger partial charge in [0, 0.05) is 13.2 Å². The van der Waals surface area contributed by atoms with E-state index in [0.717, 1.165) is 17.7 Å². The van der Waals surface area contributed by atoms with Crippen molar-refractivity contribution in [3.05, 3.63) is 29.8 Å². The van der Waals surface area contributed by atoms with Gasteiger partial charge in [-0.2, -0.15) is 0 Å². The predicted octanol–water partition coefficient (Wildman–Crippen LogP) is 2.31. The molecule has 0 atom stereocenters. The number of hydrogen-bond donors (Lipinski definition) is 1. The molecule has 0 aromatic heterocycles. The Balaban J connectivity index is 2.13. The third-order valence-corrected chi connectivity index (χ3v) is 2.55. The van der Waals surface area contributed by atoms with Gasteiger partial charge in [0.2, 0.25) is 0 Å². The predicted molar refractivity (Wildman–Crippen MR) is 75.4 cm³/mol. The molecule has 0 radical (unpaired) electrons. The van der Waals surface area contributed by atoms with Crippen LogP contribution in [0.1, 0.15) is 25.8 Å². The molecule has 19 heavy (non-hydrogen) atoms. The van der Waals surface area contributed by atoms with Crippen molar-refractivity contribution in [1.29, 1.82) is 0 Å². The maximum absolute atomic E-state index is 11.5. The molecular formula is C15H23NO3. The molecule has 0 saturated heterocycles. The van der Waals surface area contributed by atoms with E-state index >= 15 is 0 Å². The van der Waals surface area contributed by atoms with Crippen LogP contribution in [0.25, 0.3) is 0 Å². The number of para-hydroxylation sites is 1. The first-order valence-corrected chi connectivity index (χ1v) is 6.66. The zero-order chi connectivity index (χ0) is 14.1. The van der Waals surface area contributed by atoms with Crippen LogP contribution in [0.15, 0.2) is 24.3 Å². The summed E-state index contributed by atoms with van der Waals surface area (Å²) in [7, 11) is 0. The highest BCUT2D eigenvalue weighted by Gasteiger charge is 2.03. The molecule has 1 amide bonds. The number of carbonyl (C=O) groups excluding carboxylic acids is 1. The van der Waals surface area contributed by atoms with Gasteiger partial charge in [-0.1, -0.05) is 18.2 Å². The molecule has 1 rings (SSSR count). The summed E-state index contributed by atoms with van der Waals surface area (Å²) in [6.45, 7) is 7.27. The third kappa shape index (κ3) is 6.82. The quantitative estimate of drug-likeness (QED) is 0.734. The van der Waals surface area contributed by atoms with Crippen LogP contribution in [0, 0.1) is 6.92 Å². The molecule has 1 aromatic carbocycles. The number of aryl methyl sites for hydroxylation is 1. The van der Waals surface area contributed by atoms with Gasteiger partial charge in [0.25, 0.3) is 5.91 Å². The highest BCUT2D eigenvalue weighted by Crippen LogP contribution is 2.15. The lowest BCUT2D eigenvalue weighted by molar-refractivity contribution is -0.123. The second-order valence-electron chi connectivity index (χ2n) is 4.68. The SMILES string of the molecule is Cc1ccccc1OCC(=O)NCCCOC(C)C. The second kappa shape index (κ2) is 8.53. The summed E-state index contributed by atoms with van der Waals surface area (Å²) in [4.78, 5) is 11.5. The Bertz CT molecular complexity index is 391. The van der Waals surface area contributed by atoms with Crippen molar-refractivity contribution in [2.45, 2.75) is 33.3 Å². The maximum atomic E-state index is 11.5. The number of nitrogens with one attached hydrogen (secondary N) is 1. The maximum Gasteiger partial charge on any atom is 0.257 e. The standard InChI is InChI=1S/C15H23NO3/c1-12(2)18-10-6-9-16-15(17)11-19-14-8-5-4-7-13(14)3/h4-5,7-8,12H,6,9-11H2,1-3H3,(H,16,17). The van der Waals surface area contributed by atoms with Crippen LogP contribution < -0.4 is 10.1 Å². The average Bonchev–Trinajstić information content (AvgIpc) is 2.37. The molecule has 0 fully saturated rings. The van der Waals surface area contributed by atoms with Crippen LogP contribution in [0.3, 0.4) is 0 Å². The molecule has 0 spiro atoms. The van der Waals surface area contributed by atoms with Crippen molar-refractivity contribution in [2.24, 2.45) is 0 Å². The van der Waals surface area contributed by atoms with Crippen LogP contribution in [-0.2, 0) is 9.53 Å². The van der Waals surface area contributed by atoms with Crippen LogP contribution >= 0.6 is 0 Å². The topological polar surface area (TPSA) is 47.6 Å². The summed E-state index contributed by atoms with van der Waals surface area (Å²) in [5.41, 5.74) is 1.03. The van der Waals surface area contributed by atoms with Crippen LogP contribution in [0.2, 0.25) is 0 Å². The largest absolute Gasteiger partial charge is 0.484 e. The van der Waals surface area contributed by atoms with E-state index in [9.17, 15) is 4.79 Å². The highest BCUT2D eigenvalue weighted by molar-refractivity contribution is 5.77. The lowest BCUT2D eigenvalue weighted by Gasteiger charge is -2.10. The number of ether oxygens (including phenoxy) is 2. The first kappa shape index (κ1) is 15.5. The molecule has 4 nitrogen and oxygen atoms in total. The molecule has 0 aliphatic rings. The molecule has 0 saturated carbocycles. The van der Waals surface area contributed by atoms with E-state index in [0.29, 0.717) is 13.2 Å². The smallest absolute Gasteiger partial charge is 0.257 e. The Morgan fingerprint density at radius 2 is 2.05 bits per heavy atom. The Morgan fingerprint density at radius 3 is 2.74 bits per heavy atom. The fourth-order valence-electron chi connectivity index (χ4n) is 1.53. The van der Waals surface area contributed by atoms with Gasteiger partial charge >= 0.3 is 0 Å². The molecule has 0 heterocycles. The molecule has 0 aliphatic carbocycles. The molecule has 1 N–H and O–H groups in total. The van der Waals surface area contributed by atoms with Crippen LogP contribution in [-0.4, -0.2) is 31.8 Å². The summed E-state index contributed by atoms with van der Waals surface area (Å²) < 4.78 is 10.8. The summed E-state index contributed by atoms with van der Waals surface area (Å²) >= 11 is 0. The summed E-state index contributed by atoms with van der Waals surface area (Å²) in [5, 5.41) is 2.80. The third-order valence-electron chi connectivity index (χ3n) is 2.55. The molecule has 0 bridgehead atoms. The van der Waals surface area contributed by atoms with Crippen LogP contribution in [0.5, 0.6) is 5.75 Å². The Hall–Kier alpha value is -1.55. The van der Waals surface area contributed by atoms with Gasteiger partial charge in [0.15, 0.2) is 6.61 Å². The van der Waals surface area contributed by atoms with E-state index in [4.69, 9.17) is 9.47 Å². The fraction of sp³-hybridized carbons (Fsp3) is 0.533. The molecular weight excluding hydrogens is 242 g/mol. The fourth-order valence-corrected chi connectivity index (χ4v) is 1.53. The zero-order valence-electron chi connectivity index (χ0n) is 11.9. The zero-order valence-corrected chi connectivity index (χ0v) is 11.9. The summed E-state index contributed by atoms with van der Waals surface area (Å²) in [5.74, 6) is 0.647. The van der Waals surface area contributed by atoms with E-state index in [1.54, 1.807) is 0 Å². The summed E-state index contributed by atoms with van der Waals surface area (Å²) in [6, 6.07) is 7.65. The van der Waals surface area contributed by atoms with Crippen molar-refractivity contribution >= 4 is 5.91 Å². The van der Waals surface area contributed by atoms with E-state index in [1.165, 1.54) is 0 Å². The van der Waals surface area contributed by atoms with Crippen molar-refractivity contribution < 1.29 is 14.3 Å². The van der Waals surface area contributed by atoms with Gasteiger partial charge in [0.05, 0.1) is 6.10 Å². The number of carbonyl (C=O) groups is 1. The first-order chi connectivity index (χ1) is 9.09. The van der Waals surface area contributed by atoms with Crippen molar-refractivity contribution in [1.82, 2.24) is 5.32 Å². The van der Waals surface area contributed by atoms with Crippen molar-refractivity contribution in [3.8, 4) is 5.75 Å². The van der Waals surface area contributed by atoms with Gasteiger partial charge in [-0.25, -0.2) is 0 Å².